The molecule has 0 saturated carbocycles. The number of unbranched alkanes of at least 4 members (excludes halogenated alkanes) is 38. The van der Waals surface area contributed by atoms with E-state index >= 15 is 0 Å². The second-order valence-electron chi connectivity index (χ2n) is 28.9. The normalized spacial score (nSPS) is 14.2. The fraction of sp³-hybridized carbons (Fsp3) is 0.947. The number of aliphatic hydroxyl groups is 1. The molecule has 3 N–H and O–H groups in total. The number of aliphatic hydroxyl groups excluding tert-OH is 1. The average molecular weight is 1380 g/mol. The summed E-state index contributed by atoms with van der Waals surface area (Å²) >= 11 is 0. The highest BCUT2D eigenvalue weighted by atomic mass is 31.2. The van der Waals surface area contributed by atoms with Gasteiger partial charge in [0.05, 0.1) is 26.4 Å². The Hall–Kier alpha value is -1.94. The molecule has 0 aliphatic heterocycles. The van der Waals surface area contributed by atoms with E-state index in [1.54, 1.807) is 0 Å². The summed E-state index contributed by atoms with van der Waals surface area (Å²) in [6, 6.07) is 0. The lowest BCUT2D eigenvalue weighted by Crippen LogP contribution is -2.30. The molecule has 0 bridgehead atoms. The third-order valence-electron chi connectivity index (χ3n) is 17.3. The Labute approximate surface area is 575 Å². The summed E-state index contributed by atoms with van der Waals surface area (Å²) in [5.74, 6) is 0.885. The van der Waals surface area contributed by atoms with Crippen molar-refractivity contribution in [3.8, 4) is 0 Å². The minimum Gasteiger partial charge on any atom is -0.462 e. The summed E-state index contributed by atoms with van der Waals surface area (Å²) < 4.78 is 68.4. The van der Waals surface area contributed by atoms with Gasteiger partial charge in [-0.3, -0.25) is 37.3 Å². The van der Waals surface area contributed by atoms with Gasteiger partial charge in [-0.05, 0) is 49.4 Å². The first-order chi connectivity index (χ1) is 45.1. The van der Waals surface area contributed by atoms with Gasteiger partial charge < -0.3 is 33.8 Å². The van der Waals surface area contributed by atoms with E-state index in [2.05, 4.69) is 55.4 Å². The van der Waals surface area contributed by atoms with E-state index in [1.807, 2.05) is 0 Å². The second-order valence-corrected chi connectivity index (χ2v) is 31.9. The predicted octanol–water partition coefficient (Wildman–Crippen LogP) is 21.7. The predicted molar refractivity (Wildman–Crippen MR) is 381 cm³/mol. The van der Waals surface area contributed by atoms with Gasteiger partial charge in [0.25, 0.3) is 0 Å². The van der Waals surface area contributed by atoms with E-state index in [-0.39, 0.29) is 25.7 Å². The Morgan fingerprint density at radius 1 is 0.266 bits per heavy atom. The van der Waals surface area contributed by atoms with Crippen molar-refractivity contribution in [3.05, 3.63) is 0 Å². The van der Waals surface area contributed by atoms with Crippen LogP contribution in [-0.2, 0) is 65.4 Å². The number of esters is 4. The van der Waals surface area contributed by atoms with Gasteiger partial charge in [0.2, 0.25) is 0 Å². The molecule has 19 heteroatoms. The smallest absolute Gasteiger partial charge is 0.462 e. The van der Waals surface area contributed by atoms with Gasteiger partial charge in [0.15, 0.2) is 12.2 Å². The Balaban J connectivity index is 5.21. The van der Waals surface area contributed by atoms with Crippen molar-refractivity contribution in [2.24, 2.45) is 23.7 Å². The Morgan fingerprint density at radius 2 is 0.447 bits per heavy atom. The third-order valence-corrected chi connectivity index (χ3v) is 19.2. The van der Waals surface area contributed by atoms with Crippen LogP contribution in [0.15, 0.2) is 0 Å². The molecule has 0 aliphatic carbocycles. The lowest BCUT2D eigenvalue weighted by atomic mass is 10.0. The van der Waals surface area contributed by atoms with Gasteiger partial charge >= 0.3 is 39.5 Å². The van der Waals surface area contributed by atoms with Crippen molar-refractivity contribution < 1.29 is 80.2 Å². The molecule has 0 radical (unpaired) electrons. The Kier molecular flexibility index (Phi) is 63.1. The van der Waals surface area contributed by atoms with Crippen molar-refractivity contribution in [2.45, 2.75) is 395 Å². The molecular formula is C75H146O17P2. The quantitative estimate of drug-likeness (QED) is 0.0222. The zero-order valence-corrected chi connectivity index (χ0v) is 63.4. The van der Waals surface area contributed by atoms with Crippen LogP contribution in [0.2, 0.25) is 0 Å². The highest BCUT2D eigenvalue weighted by Crippen LogP contribution is 2.45. The first-order valence-corrected chi connectivity index (χ1v) is 41.7. The maximum atomic E-state index is 13.1. The molecule has 0 fully saturated rings. The summed E-state index contributed by atoms with van der Waals surface area (Å²) in [6.45, 7) is 14.1. The van der Waals surface area contributed by atoms with Crippen LogP contribution in [0.25, 0.3) is 0 Å². The van der Waals surface area contributed by atoms with Crippen LogP contribution < -0.4 is 0 Å². The standard InChI is InChI=1S/C75H146O17P2/c1-65(2)51-43-35-27-19-15-13-11-9-10-12-14-16-21-31-39-47-55-72(77)85-61-70(91-74(79)57-49-41-33-22-18-17-20-28-36-44-52-66(3)4)63-89-93(81,82)87-59-69(76)60-88-94(83,84)90-64-71(92-75(80)58-50-42-34-26-24-30-38-46-54-68(7)8)62-86-73(78)56-48-40-32-25-23-29-37-45-53-67(5)6/h65-71,76H,9-64H2,1-8H3,(H,81,82)(H,83,84)/t69?,70-,71-/m1/s1. The number of phosphoric ester groups is 2. The van der Waals surface area contributed by atoms with Crippen molar-refractivity contribution in [1.29, 1.82) is 0 Å². The number of hydrogen-bond acceptors (Lipinski definition) is 15. The van der Waals surface area contributed by atoms with E-state index in [0.29, 0.717) is 25.7 Å². The van der Waals surface area contributed by atoms with Gasteiger partial charge in [-0.2, -0.15) is 0 Å². The molecule has 0 saturated heterocycles. The molecule has 0 spiro atoms. The molecule has 94 heavy (non-hydrogen) atoms. The molecule has 17 nitrogen and oxygen atoms in total. The lowest BCUT2D eigenvalue weighted by molar-refractivity contribution is -0.161. The van der Waals surface area contributed by atoms with Crippen molar-refractivity contribution in [3.63, 3.8) is 0 Å². The van der Waals surface area contributed by atoms with Gasteiger partial charge in [0.1, 0.15) is 19.3 Å². The average Bonchev–Trinajstić information content (AvgIpc) is 2.98. The molecule has 0 heterocycles. The molecular weight excluding hydrogens is 1230 g/mol. The SMILES string of the molecule is CC(C)CCCCCCCCCCCCCCCCCCC(=O)OC[C@H](COP(=O)(O)OCC(O)COP(=O)(O)OC[C@@H](COC(=O)CCCCCCCCCCC(C)C)OC(=O)CCCCCCCCCCC(C)C)OC(=O)CCCCCCCCCCCCC(C)C. The zero-order chi connectivity index (χ0) is 69.6. The fourth-order valence-corrected chi connectivity index (χ4v) is 13.0. The molecule has 0 aromatic rings. The zero-order valence-electron chi connectivity index (χ0n) is 61.6. The Bertz CT molecular complexity index is 1850. The second kappa shape index (κ2) is 64.4. The summed E-state index contributed by atoms with van der Waals surface area (Å²) in [7, 11) is -9.91. The van der Waals surface area contributed by atoms with Gasteiger partial charge in [-0.25, -0.2) is 9.13 Å². The van der Waals surface area contributed by atoms with E-state index < -0.39 is 97.5 Å². The summed E-state index contributed by atoms with van der Waals surface area (Å²) in [4.78, 5) is 72.7. The maximum absolute atomic E-state index is 13.1. The third kappa shape index (κ3) is 68.6. The molecule has 5 atom stereocenters. The topological polar surface area (TPSA) is 237 Å². The number of rotatable bonds is 72. The summed E-state index contributed by atoms with van der Waals surface area (Å²) in [5.41, 5.74) is 0. The van der Waals surface area contributed by atoms with Crippen LogP contribution in [0.4, 0.5) is 0 Å². The molecule has 0 aliphatic rings. The van der Waals surface area contributed by atoms with E-state index in [9.17, 15) is 43.2 Å². The number of carbonyl (C=O) groups is 4. The van der Waals surface area contributed by atoms with E-state index in [1.165, 1.54) is 180 Å². The van der Waals surface area contributed by atoms with Crippen molar-refractivity contribution in [1.82, 2.24) is 0 Å². The van der Waals surface area contributed by atoms with Crippen LogP contribution in [0.3, 0.4) is 0 Å². The number of ether oxygens (including phenoxy) is 4. The lowest BCUT2D eigenvalue weighted by Gasteiger charge is -2.21. The number of hydrogen-bond donors (Lipinski definition) is 3. The van der Waals surface area contributed by atoms with Crippen LogP contribution in [-0.4, -0.2) is 96.7 Å². The fourth-order valence-electron chi connectivity index (χ4n) is 11.4. The van der Waals surface area contributed by atoms with E-state index in [0.717, 1.165) is 114 Å². The van der Waals surface area contributed by atoms with E-state index in [4.69, 9.17) is 37.0 Å². The first kappa shape index (κ1) is 92.1. The monoisotopic (exact) mass is 1380 g/mol. The highest BCUT2D eigenvalue weighted by molar-refractivity contribution is 7.47. The van der Waals surface area contributed by atoms with Crippen LogP contribution in [0, 0.1) is 23.7 Å². The van der Waals surface area contributed by atoms with Gasteiger partial charge in [-0.1, -0.05) is 325 Å². The molecule has 0 aromatic carbocycles. The molecule has 0 aromatic heterocycles. The van der Waals surface area contributed by atoms with Crippen LogP contribution in [0.1, 0.15) is 376 Å². The maximum Gasteiger partial charge on any atom is 0.472 e. The summed E-state index contributed by atoms with van der Waals surface area (Å²) in [6.07, 6.45) is 48.7. The number of carbonyl (C=O) groups excluding carboxylic acids is 4. The molecule has 0 amide bonds. The highest BCUT2D eigenvalue weighted by Gasteiger charge is 2.30. The first-order valence-electron chi connectivity index (χ1n) is 38.7. The molecule has 558 valence electrons. The van der Waals surface area contributed by atoms with Crippen LogP contribution >= 0.6 is 15.6 Å². The number of phosphoric acid groups is 2. The van der Waals surface area contributed by atoms with Crippen LogP contribution in [0.5, 0.6) is 0 Å². The van der Waals surface area contributed by atoms with Gasteiger partial charge in [0, 0.05) is 25.7 Å². The Morgan fingerprint density at radius 3 is 0.660 bits per heavy atom. The molecule has 0 rings (SSSR count). The largest absolute Gasteiger partial charge is 0.472 e. The van der Waals surface area contributed by atoms with Crippen molar-refractivity contribution >= 4 is 39.5 Å². The summed E-state index contributed by atoms with van der Waals surface area (Å²) in [5, 5.41) is 10.6. The minimum absolute atomic E-state index is 0.104. The van der Waals surface area contributed by atoms with Crippen molar-refractivity contribution in [2.75, 3.05) is 39.6 Å². The molecule has 3 unspecified atom stereocenters. The van der Waals surface area contributed by atoms with Gasteiger partial charge in [-0.15, -0.1) is 0 Å². The minimum atomic E-state index is -4.96.